The number of hydrogen-bond donors (Lipinski definition) is 0. The number of hydrogen-bond acceptors (Lipinski definition) is 6. The van der Waals surface area contributed by atoms with Crippen molar-refractivity contribution in [1.82, 2.24) is 29.9 Å². The summed E-state index contributed by atoms with van der Waals surface area (Å²) in [4.78, 5) is 14.6. The Morgan fingerprint density at radius 1 is 1.19 bits per heavy atom. The fourth-order valence-electron chi connectivity index (χ4n) is 3.56. The Morgan fingerprint density at radius 3 is 2.65 bits per heavy atom. The molecule has 3 aromatic rings. The molecular weight excluding hydrogens is 332 g/mol. The van der Waals surface area contributed by atoms with E-state index >= 15 is 0 Å². The van der Waals surface area contributed by atoms with Crippen LogP contribution in [0.5, 0.6) is 0 Å². The summed E-state index contributed by atoms with van der Waals surface area (Å²) >= 11 is 0. The van der Waals surface area contributed by atoms with Crippen molar-refractivity contribution in [2.75, 3.05) is 13.1 Å². The van der Waals surface area contributed by atoms with Crippen LogP contribution in [-0.4, -0.2) is 48.9 Å². The molecule has 8 heteroatoms. The van der Waals surface area contributed by atoms with Crippen LogP contribution in [0.4, 0.5) is 0 Å². The maximum atomic E-state index is 12.6. The number of fused-ring (bicyclic) bond motifs is 1. The van der Waals surface area contributed by atoms with Gasteiger partial charge in [-0.25, -0.2) is 0 Å². The molecule has 1 aliphatic rings. The molecule has 0 saturated carbocycles. The highest BCUT2D eigenvalue weighted by Gasteiger charge is 2.28. The second kappa shape index (κ2) is 6.51. The summed E-state index contributed by atoms with van der Waals surface area (Å²) in [5.74, 6) is 2.00. The Bertz CT molecular complexity index is 932. The van der Waals surface area contributed by atoms with E-state index in [9.17, 15) is 4.79 Å². The third kappa shape index (κ3) is 2.95. The summed E-state index contributed by atoms with van der Waals surface area (Å²) in [5.41, 5.74) is 3.40. The zero-order chi connectivity index (χ0) is 18.3. The molecule has 1 aliphatic heterocycles. The minimum atomic E-state index is 0.123. The summed E-state index contributed by atoms with van der Waals surface area (Å²) in [5, 5.41) is 17.0. The molecule has 4 rings (SSSR count). The van der Waals surface area contributed by atoms with Gasteiger partial charge in [-0.15, -0.1) is 10.2 Å². The molecule has 0 radical (unpaired) electrons. The highest BCUT2D eigenvalue weighted by molar-refractivity contribution is 5.79. The van der Waals surface area contributed by atoms with Gasteiger partial charge < -0.3 is 9.42 Å². The van der Waals surface area contributed by atoms with E-state index in [1.54, 1.807) is 0 Å². The Kier molecular flexibility index (Phi) is 4.18. The monoisotopic (exact) mass is 354 g/mol. The number of piperidine rings is 1. The Hall–Kier alpha value is -2.77. The summed E-state index contributed by atoms with van der Waals surface area (Å²) in [6.07, 6.45) is 2.08. The van der Waals surface area contributed by atoms with E-state index < -0.39 is 0 Å². The number of aromatic nitrogens is 5. The van der Waals surface area contributed by atoms with Crippen LogP contribution in [0.15, 0.2) is 16.7 Å². The quantitative estimate of drug-likeness (QED) is 0.714. The lowest BCUT2D eigenvalue weighted by Crippen LogP contribution is -2.39. The summed E-state index contributed by atoms with van der Waals surface area (Å²) in [7, 11) is 0. The van der Waals surface area contributed by atoms with Gasteiger partial charge in [0.05, 0.1) is 17.8 Å². The molecule has 8 nitrogen and oxygen atoms in total. The van der Waals surface area contributed by atoms with Crippen molar-refractivity contribution in [2.45, 2.75) is 46.0 Å². The molecule has 136 valence electrons. The van der Waals surface area contributed by atoms with Crippen LogP contribution in [0.1, 0.15) is 47.3 Å². The van der Waals surface area contributed by atoms with E-state index in [0.717, 1.165) is 47.0 Å². The van der Waals surface area contributed by atoms with E-state index in [-0.39, 0.29) is 11.8 Å². The smallest absolute Gasteiger partial charge is 0.227 e. The number of aryl methyl sites for hydroxylation is 3. The number of carbonyl (C=O) groups excluding carboxylic acids is 1. The van der Waals surface area contributed by atoms with Gasteiger partial charge in [-0.2, -0.15) is 9.61 Å². The molecule has 0 bridgehead atoms. The molecule has 1 fully saturated rings. The standard InChI is InChI=1S/C18H22N6O2/c1-11-4-5-16-19-20-18(24(16)21-11)14-6-8-23(9-7-14)17(25)10-15-12(2)22-26-13(15)3/h4-5,14H,6-10H2,1-3H3. The highest BCUT2D eigenvalue weighted by atomic mass is 16.5. The summed E-state index contributed by atoms with van der Waals surface area (Å²) < 4.78 is 6.99. The Balaban J connectivity index is 1.43. The topological polar surface area (TPSA) is 89.4 Å². The van der Waals surface area contributed by atoms with Gasteiger partial charge in [0.1, 0.15) is 5.76 Å². The third-order valence-electron chi connectivity index (χ3n) is 5.14. The van der Waals surface area contributed by atoms with Crippen LogP contribution in [0.2, 0.25) is 0 Å². The zero-order valence-electron chi connectivity index (χ0n) is 15.3. The van der Waals surface area contributed by atoms with Gasteiger partial charge >= 0.3 is 0 Å². The Labute approximate surface area is 151 Å². The molecule has 1 amide bonds. The molecule has 0 aliphatic carbocycles. The largest absolute Gasteiger partial charge is 0.361 e. The lowest BCUT2D eigenvalue weighted by Gasteiger charge is -2.31. The fraction of sp³-hybridized carbons (Fsp3) is 0.500. The van der Waals surface area contributed by atoms with E-state index in [2.05, 4.69) is 20.5 Å². The summed E-state index contributed by atoms with van der Waals surface area (Å²) in [6.45, 7) is 7.11. The molecule has 0 spiro atoms. The maximum absolute atomic E-state index is 12.6. The first-order valence-electron chi connectivity index (χ1n) is 8.91. The second-order valence-corrected chi connectivity index (χ2v) is 6.94. The molecule has 0 unspecified atom stereocenters. The van der Waals surface area contributed by atoms with Gasteiger partial charge in [0.15, 0.2) is 11.5 Å². The third-order valence-corrected chi connectivity index (χ3v) is 5.14. The van der Waals surface area contributed by atoms with Crippen molar-refractivity contribution in [3.05, 3.63) is 40.7 Å². The molecular formula is C18H22N6O2. The average molecular weight is 354 g/mol. The number of carbonyl (C=O) groups is 1. The van der Waals surface area contributed by atoms with Crippen molar-refractivity contribution in [1.29, 1.82) is 0 Å². The second-order valence-electron chi connectivity index (χ2n) is 6.94. The molecule has 0 atom stereocenters. The normalized spacial score (nSPS) is 15.7. The molecule has 0 N–H and O–H groups in total. The van der Waals surface area contributed by atoms with Crippen LogP contribution in [0, 0.1) is 20.8 Å². The first-order chi connectivity index (χ1) is 12.5. The van der Waals surface area contributed by atoms with Gasteiger partial charge in [0.25, 0.3) is 0 Å². The maximum Gasteiger partial charge on any atom is 0.227 e. The fourth-order valence-corrected chi connectivity index (χ4v) is 3.56. The number of amides is 1. The van der Waals surface area contributed by atoms with E-state index in [0.29, 0.717) is 19.5 Å². The van der Waals surface area contributed by atoms with Gasteiger partial charge in [0.2, 0.25) is 5.91 Å². The first kappa shape index (κ1) is 16.7. The van der Waals surface area contributed by atoms with Gasteiger partial charge in [-0.3, -0.25) is 4.79 Å². The SMILES string of the molecule is Cc1ccc2nnc(C3CCN(C(=O)Cc4c(C)noc4C)CC3)n2n1. The lowest BCUT2D eigenvalue weighted by atomic mass is 9.95. The van der Waals surface area contributed by atoms with Crippen molar-refractivity contribution in [3.8, 4) is 0 Å². The minimum absolute atomic E-state index is 0.123. The average Bonchev–Trinajstić information content (AvgIpc) is 3.19. The van der Waals surface area contributed by atoms with Gasteiger partial charge in [-0.05, 0) is 45.7 Å². The zero-order valence-corrected chi connectivity index (χ0v) is 15.3. The number of rotatable bonds is 3. The number of likely N-dealkylation sites (tertiary alicyclic amines) is 1. The van der Waals surface area contributed by atoms with E-state index in [1.165, 1.54) is 0 Å². The van der Waals surface area contributed by atoms with Gasteiger partial charge in [-0.1, -0.05) is 5.16 Å². The lowest BCUT2D eigenvalue weighted by molar-refractivity contribution is -0.131. The molecule has 0 aromatic carbocycles. The molecule has 26 heavy (non-hydrogen) atoms. The van der Waals surface area contributed by atoms with Crippen molar-refractivity contribution in [2.24, 2.45) is 0 Å². The van der Waals surface area contributed by atoms with Crippen LogP contribution in [-0.2, 0) is 11.2 Å². The van der Waals surface area contributed by atoms with Crippen LogP contribution in [0.25, 0.3) is 5.65 Å². The van der Waals surface area contributed by atoms with Crippen LogP contribution >= 0.6 is 0 Å². The summed E-state index contributed by atoms with van der Waals surface area (Å²) in [6, 6.07) is 3.87. The highest BCUT2D eigenvalue weighted by Crippen LogP contribution is 2.27. The van der Waals surface area contributed by atoms with Crippen LogP contribution in [0.3, 0.4) is 0 Å². The van der Waals surface area contributed by atoms with Crippen molar-refractivity contribution in [3.63, 3.8) is 0 Å². The van der Waals surface area contributed by atoms with Crippen molar-refractivity contribution >= 4 is 11.6 Å². The van der Waals surface area contributed by atoms with Crippen LogP contribution < -0.4 is 0 Å². The molecule has 1 saturated heterocycles. The van der Waals surface area contributed by atoms with Crippen molar-refractivity contribution < 1.29 is 9.32 Å². The van der Waals surface area contributed by atoms with E-state index in [4.69, 9.17) is 4.52 Å². The van der Waals surface area contributed by atoms with Gasteiger partial charge in [0, 0.05) is 24.6 Å². The van der Waals surface area contributed by atoms with E-state index in [1.807, 2.05) is 42.3 Å². The first-order valence-corrected chi connectivity index (χ1v) is 8.91. The predicted molar refractivity (Wildman–Crippen MR) is 93.8 cm³/mol. The Morgan fingerprint density at radius 2 is 1.96 bits per heavy atom. The molecule has 3 aromatic heterocycles. The number of nitrogens with zero attached hydrogens (tertiary/aromatic N) is 6. The molecule has 4 heterocycles. The minimum Gasteiger partial charge on any atom is -0.361 e. The predicted octanol–water partition coefficient (Wildman–Crippen LogP) is 1.99.